The summed E-state index contributed by atoms with van der Waals surface area (Å²) >= 11 is 0. The minimum atomic E-state index is -2.88. The molecule has 8 nitrogen and oxygen atoms in total. The molecule has 0 aromatic carbocycles. The smallest absolute Gasteiger partial charge is 0.152 e. The van der Waals surface area contributed by atoms with Crippen LogP contribution in [0.5, 0.6) is 0 Å². The molecule has 0 bridgehead atoms. The predicted octanol–water partition coefficient (Wildman–Crippen LogP) is 3.26. The van der Waals surface area contributed by atoms with Gasteiger partial charge in [0.15, 0.2) is 9.84 Å². The lowest BCUT2D eigenvalue weighted by atomic mass is 10.1. The number of nitriles is 1. The van der Waals surface area contributed by atoms with Crippen molar-refractivity contribution in [3.05, 3.63) is 65.6 Å². The van der Waals surface area contributed by atoms with Crippen LogP contribution in [0.25, 0.3) is 11.3 Å². The second-order valence-corrected chi connectivity index (χ2v) is 10.9. The van der Waals surface area contributed by atoms with Gasteiger partial charge in [-0.3, -0.25) is 9.88 Å². The van der Waals surface area contributed by atoms with E-state index in [2.05, 4.69) is 32.3 Å². The van der Waals surface area contributed by atoms with Crippen LogP contribution in [0.4, 0.5) is 11.6 Å². The molecular weight excluding hydrogens is 436 g/mol. The summed E-state index contributed by atoms with van der Waals surface area (Å²) in [5.41, 5.74) is 4.44. The summed E-state index contributed by atoms with van der Waals surface area (Å²) in [5, 5.41) is 12.4. The molecule has 1 aliphatic carbocycles. The van der Waals surface area contributed by atoms with Crippen molar-refractivity contribution in [2.75, 3.05) is 29.9 Å². The van der Waals surface area contributed by atoms with Crippen molar-refractivity contribution < 1.29 is 8.42 Å². The van der Waals surface area contributed by atoms with Crippen LogP contribution in [0, 0.1) is 11.3 Å². The van der Waals surface area contributed by atoms with Gasteiger partial charge in [-0.2, -0.15) is 5.26 Å². The molecule has 3 aromatic heterocycles. The van der Waals surface area contributed by atoms with E-state index >= 15 is 0 Å². The van der Waals surface area contributed by atoms with Crippen molar-refractivity contribution in [1.82, 2.24) is 19.9 Å². The number of anilines is 2. The fraction of sp³-hybridized carbons (Fsp3) is 0.333. The van der Waals surface area contributed by atoms with Crippen LogP contribution in [0.1, 0.15) is 35.6 Å². The first-order valence-corrected chi connectivity index (χ1v) is 12.8. The first-order chi connectivity index (χ1) is 16.0. The molecule has 1 saturated carbocycles. The molecule has 9 heteroatoms. The minimum absolute atomic E-state index is 0.213. The van der Waals surface area contributed by atoms with E-state index in [-0.39, 0.29) is 11.5 Å². The third-order valence-corrected chi connectivity index (χ3v) is 7.59. The van der Waals surface area contributed by atoms with Crippen molar-refractivity contribution in [2.45, 2.75) is 25.3 Å². The molecule has 1 aliphatic heterocycles. The predicted molar refractivity (Wildman–Crippen MR) is 126 cm³/mol. The molecule has 4 heterocycles. The van der Waals surface area contributed by atoms with Gasteiger partial charge in [0.1, 0.15) is 11.6 Å². The maximum absolute atomic E-state index is 11.6. The summed E-state index contributed by atoms with van der Waals surface area (Å²) in [6.45, 7) is 1.73. The Morgan fingerprint density at radius 1 is 1.06 bits per heavy atom. The summed E-state index contributed by atoms with van der Waals surface area (Å²) in [7, 11) is -2.88. The minimum Gasteiger partial charge on any atom is -0.325 e. The number of aromatic nitrogens is 3. The Balaban J connectivity index is 1.35. The Hall–Kier alpha value is -3.35. The highest BCUT2D eigenvalue weighted by Crippen LogP contribution is 2.42. The van der Waals surface area contributed by atoms with Crippen LogP contribution in [-0.4, -0.2) is 52.9 Å². The van der Waals surface area contributed by atoms with Gasteiger partial charge in [0.25, 0.3) is 0 Å². The van der Waals surface area contributed by atoms with E-state index in [1.54, 1.807) is 18.3 Å². The summed E-state index contributed by atoms with van der Waals surface area (Å²) in [4.78, 5) is 15.8. The molecule has 2 fully saturated rings. The number of hydrogen-bond donors (Lipinski definition) is 1. The summed E-state index contributed by atoms with van der Waals surface area (Å²) in [5.74, 6) is 2.25. The largest absolute Gasteiger partial charge is 0.325 e. The number of sulfone groups is 1. The highest BCUT2D eigenvalue weighted by molar-refractivity contribution is 7.91. The Labute approximate surface area is 193 Å². The highest BCUT2D eigenvalue weighted by atomic mass is 32.2. The van der Waals surface area contributed by atoms with E-state index in [4.69, 9.17) is 10.2 Å². The van der Waals surface area contributed by atoms with Crippen LogP contribution >= 0.6 is 0 Å². The Kier molecular flexibility index (Phi) is 5.79. The van der Waals surface area contributed by atoms with Crippen molar-refractivity contribution in [2.24, 2.45) is 0 Å². The molecule has 1 saturated heterocycles. The van der Waals surface area contributed by atoms with Crippen molar-refractivity contribution in [1.29, 1.82) is 5.26 Å². The monoisotopic (exact) mass is 460 g/mol. The zero-order chi connectivity index (χ0) is 22.8. The third kappa shape index (κ3) is 5.35. The first kappa shape index (κ1) is 21.5. The van der Waals surface area contributed by atoms with Gasteiger partial charge in [-0.15, -0.1) is 0 Å². The third-order valence-electron chi connectivity index (χ3n) is 5.98. The van der Waals surface area contributed by atoms with E-state index in [0.29, 0.717) is 42.8 Å². The van der Waals surface area contributed by atoms with Crippen molar-refractivity contribution in [3.8, 4) is 17.3 Å². The quantitative estimate of drug-likeness (QED) is 0.597. The van der Waals surface area contributed by atoms with Crippen LogP contribution in [0.15, 0.2) is 48.8 Å². The maximum atomic E-state index is 11.6. The fourth-order valence-electron chi connectivity index (χ4n) is 3.92. The van der Waals surface area contributed by atoms with Crippen LogP contribution in [0.3, 0.4) is 0 Å². The molecule has 2 aliphatic rings. The molecule has 0 radical (unpaired) electrons. The van der Waals surface area contributed by atoms with Gasteiger partial charge in [-0.1, -0.05) is 0 Å². The first-order valence-electron chi connectivity index (χ1n) is 11.0. The topological polar surface area (TPSA) is 112 Å². The SMILES string of the molecule is N#Cc1ccnc(Nc2cc(C3CC3)cc(-c3ccc(CN4CCS(=O)(=O)CC4)nc3)n2)c1. The molecule has 168 valence electrons. The number of hydrogen-bond acceptors (Lipinski definition) is 8. The van der Waals surface area contributed by atoms with Gasteiger partial charge < -0.3 is 5.32 Å². The van der Waals surface area contributed by atoms with E-state index in [1.807, 2.05) is 24.4 Å². The second kappa shape index (κ2) is 8.89. The Morgan fingerprint density at radius 3 is 2.58 bits per heavy atom. The Morgan fingerprint density at radius 2 is 1.88 bits per heavy atom. The van der Waals surface area contributed by atoms with Gasteiger partial charge in [-0.25, -0.2) is 18.4 Å². The maximum Gasteiger partial charge on any atom is 0.152 e. The lowest BCUT2D eigenvalue weighted by Gasteiger charge is -2.26. The summed E-state index contributed by atoms with van der Waals surface area (Å²) in [6.07, 6.45) is 5.78. The van der Waals surface area contributed by atoms with Crippen LogP contribution < -0.4 is 5.32 Å². The second-order valence-electron chi connectivity index (χ2n) is 8.58. The van der Waals surface area contributed by atoms with Crippen molar-refractivity contribution >= 4 is 21.5 Å². The fourth-order valence-corrected chi connectivity index (χ4v) is 5.20. The van der Waals surface area contributed by atoms with Crippen LogP contribution in [-0.2, 0) is 16.4 Å². The van der Waals surface area contributed by atoms with E-state index in [1.165, 1.54) is 18.4 Å². The van der Waals surface area contributed by atoms with Gasteiger partial charge in [-0.05, 0) is 60.7 Å². The molecule has 33 heavy (non-hydrogen) atoms. The molecular formula is C24H24N6O2S. The van der Waals surface area contributed by atoms with Gasteiger partial charge >= 0.3 is 0 Å². The standard InChI is InChI=1S/C24H24N6O2S/c25-14-17-5-6-26-23(11-17)29-24-13-20(18-1-2-18)12-22(28-24)19-3-4-21(27-15-19)16-30-7-9-33(31,32)10-8-30/h3-6,11-13,15,18H,1-2,7-10,16H2,(H,26,28,29). The number of nitrogens with one attached hydrogen (secondary N) is 1. The van der Waals surface area contributed by atoms with E-state index in [9.17, 15) is 8.42 Å². The van der Waals surface area contributed by atoms with Gasteiger partial charge in [0, 0.05) is 37.6 Å². The zero-order valence-electron chi connectivity index (χ0n) is 18.1. The number of rotatable bonds is 6. The average molecular weight is 461 g/mol. The average Bonchev–Trinajstić information content (AvgIpc) is 3.67. The summed E-state index contributed by atoms with van der Waals surface area (Å²) in [6, 6.07) is 13.7. The molecule has 0 unspecified atom stereocenters. The molecule has 0 atom stereocenters. The zero-order valence-corrected chi connectivity index (χ0v) is 18.9. The molecule has 1 N–H and O–H groups in total. The highest BCUT2D eigenvalue weighted by Gasteiger charge is 2.25. The number of pyridine rings is 3. The van der Waals surface area contributed by atoms with Gasteiger partial charge in [0.05, 0.1) is 34.5 Å². The normalized spacial score (nSPS) is 17.9. The molecule has 5 rings (SSSR count). The molecule has 0 amide bonds. The lowest BCUT2D eigenvalue weighted by molar-refractivity contribution is 0.284. The number of nitrogens with zero attached hydrogens (tertiary/aromatic N) is 5. The molecule has 0 spiro atoms. The van der Waals surface area contributed by atoms with Crippen LogP contribution in [0.2, 0.25) is 0 Å². The van der Waals surface area contributed by atoms with E-state index in [0.717, 1.165) is 17.0 Å². The van der Waals surface area contributed by atoms with E-state index < -0.39 is 9.84 Å². The van der Waals surface area contributed by atoms with Crippen molar-refractivity contribution in [3.63, 3.8) is 0 Å². The summed E-state index contributed by atoms with van der Waals surface area (Å²) < 4.78 is 23.3. The Bertz CT molecular complexity index is 1300. The molecule has 3 aromatic rings. The lowest BCUT2D eigenvalue weighted by Crippen LogP contribution is -2.39. The van der Waals surface area contributed by atoms with Gasteiger partial charge in [0.2, 0.25) is 0 Å².